The maximum Gasteiger partial charge on any atom is 0.248 e. The molecule has 0 unspecified atom stereocenters. The Hall–Kier alpha value is -2.35. The van der Waals surface area contributed by atoms with Crippen LogP contribution in [0.15, 0.2) is 61.2 Å². The minimum atomic E-state index is 1.21. The quantitative estimate of drug-likeness (QED) is 0.625. The summed E-state index contributed by atoms with van der Waals surface area (Å²) in [6, 6.07) is 15.0. The molecule has 1 heterocycles. The van der Waals surface area contributed by atoms with Gasteiger partial charge in [0.1, 0.15) is 18.1 Å². The zero-order valence-electron chi connectivity index (χ0n) is 12.2. The molecule has 0 spiro atoms. The highest BCUT2D eigenvalue weighted by atomic mass is 15.1. The minimum absolute atomic E-state index is 1.21. The van der Waals surface area contributed by atoms with Crippen LogP contribution in [0.25, 0.3) is 16.8 Å². The molecular weight excluding hydrogens is 244 g/mol. The van der Waals surface area contributed by atoms with Crippen LogP contribution in [0.2, 0.25) is 0 Å². The molecular formula is C18H19N2+. The lowest BCUT2D eigenvalue weighted by Crippen LogP contribution is -2.23. The molecule has 0 fully saturated rings. The Morgan fingerprint density at radius 3 is 2.25 bits per heavy atom. The zero-order valence-corrected chi connectivity index (χ0v) is 12.2. The number of para-hydroxylation sites is 1. The van der Waals surface area contributed by atoms with E-state index in [1.807, 2.05) is 7.05 Å². The molecule has 0 saturated carbocycles. The molecule has 0 saturated heterocycles. The standard InChI is InChI=1S/C18H19N2/c1-14-7-6-8-15(2)18(14)16-9-4-5-10-17(16)20-12-11-19(3)13-20/h4-13H,1-3H3/q+1. The van der Waals surface area contributed by atoms with Gasteiger partial charge in [-0.1, -0.05) is 36.4 Å². The monoisotopic (exact) mass is 263 g/mol. The Kier molecular flexibility index (Phi) is 3.15. The van der Waals surface area contributed by atoms with Crippen molar-refractivity contribution in [2.24, 2.45) is 7.05 Å². The average Bonchev–Trinajstić information content (AvgIpc) is 2.86. The Morgan fingerprint density at radius 1 is 0.900 bits per heavy atom. The summed E-state index contributed by atoms with van der Waals surface area (Å²) in [5.74, 6) is 0. The van der Waals surface area contributed by atoms with Crippen molar-refractivity contribution in [3.63, 3.8) is 0 Å². The van der Waals surface area contributed by atoms with Crippen LogP contribution in [0.4, 0.5) is 0 Å². The number of aryl methyl sites for hydroxylation is 3. The van der Waals surface area contributed by atoms with Crippen LogP contribution in [0.3, 0.4) is 0 Å². The number of hydrogen-bond acceptors (Lipinski definition) is 0. The molecule has 2 nitrogen and oxygen atoms in total. The van der Waals surface area contributed by atoms with E-state index in [0.717, 1.165) is 0 Å². The topological polar surface area (TPSA) is 8.81 Å². The Morgan fingerprint density at radius 2 is 1.60 bits per heavy atom. The Balaban J connectivity index is 2.25. The van der Waals surface area contributed by atoms with Gasteiger partial charge < -0.3 is 0 Å². The number of hydrogen-bond donors (Lipinski definition) is 0. The average molecular weight is 263 g/mol. The van der Waals surface area contributed by atoms with Gasteiger partial charge in [0.05, 0.1) is 7.05 Å². The fourth-order valence-corrected chi connectivity index (χ4v) is 2.74. The predicted octanol–water partition coefficient (Wildman–Crippen LogP) is 3.59. The third-order valence-corrected chi connectivity index (χ3v) is 3.70. The van der Waals surface area contributed by atoms with Gasteiger partial charge in [-0.25, -0.2) is 9.13 Å². The summed E-state index contributed by atoms with van der Waals surface area (Å²) in [6.45, 7) is 4.35. The van der Waals surface area contributed by atoms with Crippen molar-refractivity contribution >= 4 is 0 Å². The maximum absolute atomic E-state index is 2.20. The lowest BCUT2D eigenvalue weighted by atomic mass is 9.94. The van der Waals surface area contributed by atoms with Crippen molar-refractivity contribution in [2.75, 3.05) is 0 Å². The summed E-state index contributed by atoms with van der Waals surface area (Å²) >= 11 is 0. The van der Waals surface area contributed by atoms with E-state index in [1.54, 1.807) is 0 Å². The van der Waals surface area contributed by atoms with E-state index in [2.05, 4.69) is 84.2 Å². The second kappa shape index (κ2) is 4.97. The van der Waals surface area contributed by atoms with Crippen LogP contribution < -0.4 is 4.57 Å². The molecule has 0 aliphatic rings. The zero-order chi connectivity index (χ0) is 14.1. The second-order valence-corrected chi connectivity index (χ2v) is 5.27. The molecule has 3 aromatic rings. The van der Waals surface area contributed by atoms with E-state index in [4.69, 9.17) is 0 Å². The SMILES string of the molecule is Cc1cccc(C)c1-c1ccccc1-n1cc[n+](C)c1. The molecule has 3 rings (SSSR count). The van der Waals surface area contributed by atoms with Crippen LogP contribution >= 0.6 is 0 Å². The van der Waals surface area contributed by atoms with Gasteiger partial charge in [0.15, 0.2) is 0 Å². The van der Waals surface area contributed by atoms with Crippen molar-refractivity contribution < 1.29 is 4.57 Å². The summed E-state index contributed by atoms with van der Waals surface area (Å²) in [5, 5.41) is 0. The summed E-state index contributed by atoms with van der Waals surface area (Å²) in [7, 11) is 2.04. The molecule has 0 aliphatic heterocycles. The van der Waals surface area contributed by atoms with E-state index in [1.165, 1.54) is 27.9 Å². The molecule has 0 amide bonds. The molecule has 100 valence electrons. The van der Waals surface area contributed by atoms with Gasteiger partial charge in [-0.05, 0) is 36.6 Å². The fraction of sp³-hybridized carbons (Fsp3) is 0.167. The number of nitrogens with zero attached hydrogens (tertiary/aromatic N) is 2. The third kappa shape index (κ3) is 2.14. The second-order valence-electron chi connectivity index (χ2n) is 5.27. The van der Waals surface area contributed by atoms with Crippen LogP contribution in [0.1, 0.15) is 11.1 Å². The molecule has 0 aliphatic carbocycles. The molecule has 20 heavy (non-hydrogen) atoms. The predicted molar refractivity (Wildman–Crippen MR) is 81.9 cm³/mol. The van der Waals surface area contributed by atoms with Crippen molar-refractivity contribution in [1.82, 2.24) is 4.57 Å². The van der Waals surface area contributed by atoms with Gasteiger partial charge >= 0.3 is 0 Å². The molecule has 1 aromatic heterocycles. The summed E-state index contributed by atoms with van der Waals surface area (Å²) in [6.07, 6.45) is 6.24. The van der Waals surface area contributed by atoms with Crippen molar-refractivity contribution in [3.8, 4) is 16.8 Å². The normalized spacial score (nSPS) is 10.8. The first-order valence-corrected chi connectivity index (χ1v) is 6.86. The molecule has 2 aromatic carbocycles. The summed E-state index contributed by atoms with van der Waals surface area (Å²) in [5.41, 5.74) is 6.45. The van der Waals surface area contributed by atoms with Crippen molar-refractivity contribution in [3.05, 3.63) is 72.3 Å². The van der Waals surface area contributed by atoms with Gasteiger partial charge in [-0.2, -0.15) is 0 Å². The Labute approximate surface area is 119 Å². The van der Waals surface area contributed by atoms with Gasteiger partial charge in [0.25, 0.3) is 0 Å². The Bertz CT molecular complexity index is 733. The van der Waals surface area contributed by atoms with Gasteiger partial charge in [-0.3, -0.25) is 0 Å². The number of imidazole rings is 1. The highest BCUT2D eigenvalue weighted by Crippen LogP contribution is 2.31. The smallest absolute Gasteiger partial charge is 0.239 e. The highest BCUT2D eigenvalue weighted by molar-refractivity contribution is 5.77. The van der Waals surface area contributed by atoms with Crippen molar-refractivity contribution in [1.29, 1.82) is 0 Å². The van der Waals surface area contributed by atoms with E-state index in [-0.39, 0.29) is 0 Å². The third-order valence-electron chi connectivity index (χ3n) is 3.70. The molecule has 0 N–H and O–H groups in total. The van der Waals surface area contributed by atoms with Crippen LogP contribution in [-0.2, 0) is 7.05 Å². The van der Waals surface area contributed by atoms with E-state index in [0.29, 0.717) is 0 Å². The lowest BCUT2D eigenvalue weighted by molar-refractivity contribution is -0.670. The lowest BCUT2D eigenvalue weighted by Gasteiger charge is -2.12. The largest absolute Gasteiger partial charge is 0.248 e. The summed E-state index contributed by atoms with van der Waals surface area (Å²) < 4.78 is 4.22. The van der Waals surface area contributed by atoms with Gasteiger partial charge in [0, 0.05) is 5.56 Å². The van der Waals surface area contributed by atoms with Crippen molar-refractivity contribution in [2.45, 2.75) is 13.8 Å². The first kappa shape index (κ1) is 12.7. The fourth-order valence-electron chi connectivity index (χ4n) is 2.74. The maximum atomic E-state index is 2.20. The first-order chi connectivity index (χ1) is 9.66. The summed E-state index contributed by atoms with van der Waals surface area (Å²) in [4.78, 5) is 0. The van der Waals surface area contributed by atoms with Gasteiger partial charge in [0.2, 0.25) is 6.33 Å². The first-order valence-electron chi connectivity index (χ1n) is 6.86. The van der Waals surface area contributed by atoms with E-state index >= 15 is 0 Å². The van der Waals surface area contributed by atoms with Gasteiger partial charge in [-0.15, -0.1) is 0 Å². The molecule has 0 bridgehead atoms. The number of rotatable bonds is 2. The van der Waals surface area contributed by atoms with E-state index < -0.39 is 0 Å². The van der Waals surface area contributed by atoms with Crippen LogP contribution in [0.5, 0.6) is 0 Å². The van der Waals surface area contributed by atoms with Crippen LogP contribution in [-0.4, -0.2) is 4.57 Å². The minimum Gasteiger partial charge on any atom is -0.239 e. The van der Waals surface area contributed by atoms with Crippen LogP contribution in [0, 0.1) is 13.8 Å². The molecule has 0 radical (unpaired) electrons. The number of benzene rings is 2. The van der Waals surface area contributed by atoms with E-state index in [9.17, 15) is 0 Å². The molecule has 2 heteroatoms. The molecule has 0 atom stereocenters. The highest BCUT2D eigenvalue weighted by Gasteiger charge is 2.14. The number of aromatic nitrogens is 2.